The largest absolute Gasteiger partial charge is 0.171 e. The Bertz CT molecular complexity index is 95.7. The second-order valence-electron chi connectivity index (χ2n) is 3.41. The average Bonchev–Trinajstić information content (AvgIpc) is 2.14. The van der Waals surface area contributed by atoms with Gasteiger partial charge in [-0.05, 0) is 39.5 Å². The molecule has 0 aromatic rings. The summed E-state index contributed by atoms with van der Waals surface area (Å²) in [6.07, 6.45) is 6.04. The zero-order chi connectivity index (χ0) is 8.10. The van der Waals surface area contributed by atoms with Crippen molar-refractivity contribution in [2.75, 3.05) is 11.5 Å². The fourth-order valence-corrected chi connectivity index (χ4v) is 3.34. The maximum absolute atomic E-state index is 5.80. The molecule has 0 spiro atoms. The first kappa shape index (κ1) is 9.40. The third kappa shape index (κ3) is 4.02. The van der Waals surface area contributed by atoms with Crippen molar-refractivity contribution in [3.63, 3.8) is 0 Å². The molecule has 66 valence electrons. The maximum Gasteiger partial charge on any atom is 0.147 e. The first-order chi connectivity index (χ1) is 5.29. The van der Waals surface area contributed by atoms with Gasteiger partial charge >= 0.3 is 0 Å². The minimum absolute atomic E-state index is 0.308. The second kappa shape index (κ2) is 5.04. The van der Waals surface area contributed by atoms with E-state index in [4.69, 9.17) is 4.18 Å². The van der Waals surface area contributed by atoms with E-state index in [0.717, 1.165) is 0 Å². The lowest BCUT2D eigenvalue weighted by Crippen LogP contribution is -2.18. The lowest BCUT2D eigenvalue weighted by Gasteiger charge is -2.06. The van der Waals surface area contributed by atoms with Crippen LogP contribution in [0.2, 0.25) is 0 Å². The molecular formula is C9H19OS+. The highest BCUT2D eigenvalue weighted by Crippen LogP contribution is 2.15. The van der Waals surface area contributed by atoms with Crippen molar-refractivity contribution in [3.05, 3.63) is 0 Å². The molecule has 0 unspecified atom stereocenters. The van der Waals surface area contributed by atoms with E-state index in [1.54, 1.807) is 0 Å². The van der Waals surface area contributed by atoms with Crippen LogP contribution >= 0.6 is 0 Å². The quantitative estimate of drug-likeness (QED) is 0.586. The summed E-state index contributed by atoms with van der Waals surface area (Å²) in [6, 6.07) is 0. The molecule has 1 rings (SSSR count). The van der Waals surface area contributed by atoms with E-state index < -0.39 is 0 Å². The van der Waals surface area contributed by atoms with Gasteiger partial charge in [0.15, 0.2) is 0 Å². The first-order valence-corrected chi connectivity index (χ1v) is 6.12. The van der Waals surface area contributed by atoms with Gasteiger partial charge < -0.3 is 0 Å². The number of hydrogen-bond acceptors (Lipinski definition) is 1. The Morgan fingerprint density at radius 3 is 2.00 bits per heavy atom. The van der Waals surface area contributed by atoms with Gasteiger partial charge in [0.1, 0.15) is 28.8 Å². The Labute approximate surface area is 73.1 Å². The second-order valence-corrected chi connectivity index (χ2v) is 5.30. The average molecular weight is 175 g/mol. The van der Waals surface area contributed by atoms with Crippen LogP contribution < -0.4 is 0 Å². The molecule has 0 bridgehead atoms. The van der Waals surface area contributed by atoms with Crippen LogP contribution in [-0.2, 0) is 15.4 Å². The van der Waals surface area contributed by atoms with Crippen LogP contribution in [0.15, 0.2) is 0 Å². The molecule has 0 amide bonds. The van der Waals surface area contributed by atoms with Crippen LogP contribution in [0.25, 0.3) is 0 Å². The summed E-state index contributed by atoms with van der Waals surface area (Å²) in [5.41, 5.74) is 0. The molecule has 1 aliphatic rings. The maximum atomic E-state index is 5.80. The van der Waals surface area contributed by atoms with E-state index in [2.05, 4.69) is 13.8 Å². The van der Waals surface area contributed by atoms with E-state index >= 15 is 0 Å². The van der Waals surface area contributed by atoms with Crippen molar-refractivity contribution < 1.29 is 4.18 Å². The molecule has 0 radical (unpaired) electrons. The predicted octanol–water partition coefficient (Wildman–Crippen LogP) is 2.52. The van der Waals surface area contributed by atoms with E-state index in [-0.39, 0.29) is 0 Å². The smallest absolute Gasteiger partial charge is 0.147 e. The zero-order valence-electron chi connectivity index (χ0n) is 7.64. The zero-order valence-corrected chi connectivity index (χ0v) is 8.45. The Kier molecular flexibility index (Phi) is 4.31. The normalized spacial score (nSPS) is 22.1. The Balaban J connectivity index is 2.20. The Morgan fingerprint density at radius 2 is 1.55 bits per heavy atom. The Hall–Kier alpha value is 0.310. The monoisotopic (exact) mass is 175 g/mol. The van der Waals surface area contributed by atoms with Crippen LogP contribution in [0.1, 0.15) is 39.5 Å². The third-order valence-corrected chi connectivity index (χ3v) is 3.97. The molecule has 1 nitrogen and oxygen atoms in total. The van der Waals surface area contributed by atoms with E-state index in [0.29, 0.717) is 17.3 Å². The predicted molar refractivity (Wildman–Crippen MR) is 51.8 cm³/mol. The van der Waals surface area contributed by atoms with Crippen molar-refractivity contribution in [1.29, 1.82) is 0 Å². The van der Waals surface area contributed by atoms with Gasteiger partial charge in [-0.2, -0.15) is 4.18 Å². The fraction of sp³-hybridized carbons (Fsp3) is 1.00. The summed E-state index contributed by atoms with van der Waals surface area (Å²) in [7, 11) is 0. The highest BCUT2D eigenvalue weighted by atomic mass is 32.2. The molecule has 0 aliphatic carbocycles. The summed E-state index contributed by atoms with van der Waals surface area (Å²) in [5.74, 6) is 2.64. The van der Waals surface area contributed by atoms with E-state index in [1.807, 2.05) is 0 Å². The van der Waals surface area contributed by atoms with Crippen LogP contribution in [0.4, 0.5) is 0 Å². The molecule has 0 aromatic carbocycles. The summed E-state index contributed by atoms with van der Waals surface area (Å²) < 4.78 is 5.80. The van der Waals surface area contributed by atoms with Crippen LogP contribution in [0.5, 0.6) is 0 Å². The van der Waals surface area contributed by atoms with Crippen molar-refractivity contribution in [2.24, 2.45) is 0 Å². The highest BCUT2D eigenvalue weighted by molar-refractivity contribution is 7.92. The fourth-order valence-electron chi connectivity index (χ4n) is 1.35. The van der Waals surface area contributed by atoms with Crippen molar-refractivity contribution in [1.82, 2.24) is 0 Å². The third-order valence-electron chi connectivity index (χ3n) is 1.82. The lowest BCUT2D eigenvalue weighted by atomic mass is 10.2. The minimum atomic E-state index is 0.308. The molecule has 1 fully saturated rings. The van der Waals surface area contributed by atoms with Gasteiger partial charge in [0.05, 0.1) is 0 Å². The molecular weight excluding hydrogens is 156 g/mol. The van der Waals surface area contributed by atoms with Gasteiger partial charge in [-0.15, -0.1) is 0 Å². The molecule has 0 atom stereocenters. The van der Waals surface area contributed by atoms with Crippen molar-refractivity contribution >= 4 is 11.2 Å². The van der Waals surface area contributed by atoms with Gasteiger partial charge in [-0.25, -0.2) is 0 Å². The van der Waals surface area contributed by atoms with Gasteiger partial charge in [0.25, 0.3) is 0 Å². The molecule has 11 heavy (non-hydrogen) atoms. The van der Waals surface area contributed by atoms with Gasteiger partial charge in [-0.1, -0.05) is 0 Å². The van der Waals surface area contributed by atoms with Gasteiger partial charge in [0, 0.05) is 0 Å². The van der Waals surface area contributed by atoms with E-state index in [1.165, 1.54) is 37.2 Å². The topological polar surface area (TPSA) is 9.23 Å². The van der Waals surface area contributed by atoms with Gasteiger partial charge in [0.2, 0.25) is 0 Å². The highest BCUT2D eigenvalue weighted by Gasteiger charge is 2.23. The molecule has 1 saturated heterocycles. The summed E-state index contributed by atoms with van der Waals surface area (Å²) in [4.78, 5) is 0. The summed E-state index contributed by atoms with van der Waals surface area (Å²) >= 11 is 0.308. The summed E-state index contributed by atoms with van der Waals surface area (Å²) in [5, 5.41) is 0. The van der Waals surface area contributed by atoms with Crippen LogP contribution in [0, 0.1) is 0 Å². The first-order valence-electron chi connectivity index (χ1n) is 4.63. The minimum Gasteiger partial charge on any atom is -0.171 e. The van der Waals surface area contributed by atoms with Crippen LogP contribution in [-0.4, -0.2) is 17.6 Å². The standard InChI is InChI=1S/C9H19OS/c1-9(2)10-11-7-5-3-4-6-8-11/h9H,3-8H2,1-2H3/q+1. The molecule has 0 N–H and O–H groups in total. The molecule has 2 heteroatoms. The Morgan fingerprint density at radius 1 is 1.00 bits per heavy atom. The summed E-state index contributed by atoms with van der Waals surface area (Å²) in [6.45, 7) is 4.27. The molecule has 1 heterocycles. The number of rotatable bonds is 2. The SMILES string of the molecule is CC(C)O[S+]1CCCCCC1. The number of hydrogen-bond donors (Lipinski definition) is 0. The lowest BCUT2D eigenvalue weighted by molar-refractivity contribution is 0.278. The molecule has 0 aromatic heterocycles. The van der Waals surface area contributed by atoms with Gasteiger partial charge in [-0.3, -0.25) is 0 Å². The van der Waals surface area contributed by atoms with Crippen molar-refractivity contribution in [2.45, 2.75) is 45.6 Å². The van der Waals surface area contributed by atoms with Crippen LogP contribution in [0.3, 0.4) is 0 Å². The molecule has 1 aliphatic heterocycles. The van der Waals surface area contributed by atoms with Crippen molar-refractivity contribution in [3.8, 4) is 0 Å². The van der Waals surface area contributed by atoms with E-state index in [9.17, 15) is 0 Å². The molecule has 0 saturated carbocycles.